The number of fused-ring (bicyclic) bond motifs is 1. The maximum Gasteiger partial charge on any atom is 0.225 e. The van der Waals surface area contributed by atoms with Crippen molar-refractivity contribution in [1.82, 2.24) is 15.1 Å². The molecule has 2 aliphatic heterocycles. The summed E-state index contributed by atoms with van der Waals surface area (Å²) in [6.45, 7) is 4.76. The van der Waals surface area contributed by atoms with Crippen LogP contribution in [0.1, 0.15) is 63.0 Å². The molecule has 31 heavy (non-hydrogen) atoms. The first-order valence-corrected chi connectivity index (χ1v) is 11.9. The zero-order valence-electron chi connectivity index (χ0n) is 18.6. The predicted molar refractivity (Wildman–Crippen MR) is 119 cm³/mol. The highest BCUT2D eigenvalue weighted by atomic mass is 16.2. The highest BCUT2D eigenvalue weighted by Gasteiger charge is 2.38. The van der Waals surface area contributed by atoms with Gasteiger partial charge in [-0.15, -0.1) is 0 Å². The number of nitrogens with one attached hydrogen (secondary N) is 1. The predicted octanol–water partition coefficient (Wildman–Crippen LogP) is 2.89. The second-order valence-electron chi connectivity index (χ2n) is 9.59. The van der Waals surface area contributed by atoms with E-state index in [-0.39, 0.29) is 23.6 Å². The Morgan fingerprint density at radius 1 is 1.10 bits per heavy atom. The third kappa shape index (κ3) is 5.28. The highest BCUT2D eigenvalue weighted by molar-refractivity contribution is 5.89. The van der Waals surface area contributed by atoms with E-state index in [4.69, 9.17) is 0 Å². The molecule has 1 N–H and O–H groups in total. The minimum atomic E-state index is -0.249. The molecule has 2 fully saturated rings. The van der Waals surface area contributed by atoms with Crippen molar-refractivity contribution in [2.75, 3.05) is 19.6 Å². The molecule has 1 aromatic carbocycles. The quantitative estimate of drug-likeness (QED) is 0.713. The van der Waals surface area contributed by atoms with Crippen LogP contribution in [0.2, 0.25) is 0 Å². The second-order valence-corrected chi connectivity index (χ2v) is 9.59. The van der Waals surface area contributed by atoms with Gasteiger partial charge in [0.1, 0.15) is 0 Å². The van der Waals surface area contributed by atoms with Gasteiger partial charge in [0, 0.05) is 45.1 Å². The van der Waals surface area contributed by atoms with Crippen molar-refractivity contribution in [2.24, 2.45) is 11.8 Å². The Kier molecular flexibility index (Phi) is 6.93. The van der Waals surface area contributed by atoms with E-state index in [0.717, 1.165) is 31.7 Å². The first kappa shape index (κ1) is 21.8. The summed E-state index contributed by atoms with van der Waals surface area (Å²) in [4.78, 5) is 41.4. The molecular weight excluding hydrogens is 390 g/mol. The van der Waals surface area contributed by atoms with Gasteiger partial charge in [-0.2, -0.15) is 0 Å². The summed E-state index contributed by atoms with van der Waals surface area (Å²) in [6.07, 6.45) is 6.76. The Morgan fingerprint density at radius 2 is 1.84 bits per heavy atom. The summed E-state index contributed by atoms with van der Waals surface area (Å²) in [7, 11) is 0. The van der Waals surface area contributed by atoms with Gasteiger partial charge in [0.05, 0.1) is 5.92 Å². The molecular formula is C25H35N3O3. The minimum Gasteiger partial charge on any atom is -0.356 e. The van der Waals surface area contributed by atoms with E-state index in [0.29, 0.717) is 44.9 Å². The molecule has 0 radical (unpaired) electrons. The first-order valence-electron chi connectivity index (χ1n) is 11.9. The van der Waals surface area contributed by atoms with E-state index < -0.39 is 0 Å². The summed E-state index contributed by atoms with van der Waals surface area (Å²) >= 11 is 0. The molecule has 1 atom stereocenters. The number of carbonyl (C=O) groups excluding carboxylic acids is 3. The number of likely N-dealkylation sites (tertiary alicyclic amines) is 1. The fraction of sp³-hybridized carbons (Fsp3) is 0.640. The summed E-state index contributed by atoms with van der Waals surface area (Å²) in [5.74, 6) is 0.730. The van der Waals surface area contributed by atoms with E-state index in [1.807, 2.05) is 21.9 Å². The van der Waals surface area contributed by atoms with Gasteiger partial charge < -0.3 is 15.1 Å². The van der Waals surface area contributed by atoms with Gasteiger partial charge in [0.2, 0.25) is 17.7 Å². The number of carbonyl (C=O) groups is 3. The van der Waals surface area contributed by atoms with Gasteiger partial charge in [0.15, 0.2) is 0 Å². The zero-order valence-corrected chi connectivity index (χ0v) is 18.6. The van der Waals surface area contributed by atoms with Gasteiger partial charge in [0.25, 0.3) is 0 Å². The number of hydrogen-bond acceptors (Lipinski definition) is 3. The van der Waals surface area contributed by atoms with Crippen LogP contribution in [0.15, 0.2) is 24.3 Å². The molecule has 1 saturated heterocycles. The number of amides is 3. The van der Waals surface area contributed by atoms with Gasteiger partial charge in [-0.3, -0.25) is 14.4 Å². The number of benzene rings is 1. The molecule has 0 bridgehead atoms. The van der Waals surface area contributed by atoms with Crippen LogP contribution in [0, 0.1) is 11.8 Å². The normalized spacial score (nSPS) is 26.0. The van der Waals surface area contributed by atoms with E-state index in [1.54, 1.807) is 0 Å². The fourth-order valence-electron chi connectivity index (χ4n) is 5.28. The minimum absolute atomic E-state index is 0.0422. The molecule has 1 unspecified atom stereocenters. The summed E-state index contributed by atoms with van der Waals surface area (Å²) < 4.78 is 0. The number of hydrogen-bond donors (Lipinski definition) is 1. The monoisotopic (exact) mass is 425 g/mol. The maximum absolute atomic E-state index is 12.6. The number of nitrogens with zero attached hydrogens (tertiary/aromatic N) is 2. The van der Waals surface area contributed by atoms with Gasteiger partial charge in [-0.25, -0.2) is 0 Å². The molecule has 1 saturated carbocycles. The third-order valence-electron chi connectivity index (χ3n) is 7.31. The molecule has 2 heterocycles. The summed E-state index contributed by atoms with van der Waals surface area (Å²) in [5, 5.41) is 2.96. The zero-order chi connectivity index (χ0) is 21.8. The lowest BCUT2D eigenvalue weighted by Gasteiger charge is -2.33. The molecule has 1 aliphatic carbocycles. The Labute approximate surface area is 185 Å². The van der Waals surface area contributed by atoms with Gasteiger partial charge in [-0.1, -0.05) is 31.2 Å². The van der Waals surface area contributed by atoms with Crippen LogP contribution in [-0.2, 0) is 27.3 Å². The van der Waals surface area contributed by atoms with E-state index in [1.165, 1.54) is 24.0 Å². The average molecular weight is 426 g/mol. The van der Waals surface area contributed by atoms with Crippen LogP contribution >= 0.6 is 0 Å². The lowest BCUT2D eigenvalue weighted by Crippen LogP contribution is -2.40. The fourth-order valence-corrected chi connectivity index (χ4v) is 5.28. The third-order valence-corrected chi connectivity index (χ3v) is 7.31. The van der Waals surface area contributed by atoms with E-state index in [9.17, 15) is 14.4 Å². The van der Waals surface area contributed by atoms with Crippen LogP contribution in [0.5, 0.6) is 0 Å². The Hall–Kier alpha value is -2.37. The second kappa shape index (κ2) is 9.84. The Morgan fingerprint density at radius 3 is 2.61 bits per heavy atom. The summed E-state index contributed by atoms with van der Waals surface area (Å²) in [6, 6.07) is 8.61. The van der Waals surface area contributed by atoms with Crippen molar-refractivity contribution < 1.29 is 14.4 Å². The van der Waals surface area contributed by atoms with Crippen LogP contribution in [-0.4, -0.2) is 53.2 Å². The lowest BCUT2D eigenvalue weighted by molar-refractivity contribution is -0.132. The van der Waals surface area contributed by atoms with Crippen LogP contribution in [0.25, 0.3) is 0 Å². The van der Waals surface area contributed by atoms with Crippen molar-refractivity contribution in [3.63, 3.8) is 0 Å². The molecule has 1 aromatic rings. The standard InChI is InChI=1S/C25H35N3O3/c1-18-8-10-22(11-9-18)28-17-21(15-24(28)30)25(31)26-13-4-7-23(29)27-14-12-19-5-2-3-6-20(19)16-27/h2-3,5-6,18,21-22H,4,7-17H2,1H3,(H,26,31). The highest BCUT2D eigenvalue weighted by Crippen LogP contribution is 2.31. The Bertz CT molecular complexity index is 816. The van der Waals surface area contributed by atoms with Crippen molar-refractivity contribution in [2.45, 2.75) is 70.9 Å². The van der Waals surface area contributed by atoms with Gasteiger partial charge in [-0.05, 0) is 55.6 Å². The molecule has 168 valence electrons. The van der Waals surface area contributed by atoms with Crippen molar-refractivity contribution in [1.29, 1.82) is 0 Å². The van der Waals surface area contributed by atoms with E-state index >= 15 is 0 Å². The topological polar surface area (TPSA) is 69.7 Å². The number of rotatable bonds is 6. The van der Waals surface area contributed by atoms with Crippen LogP contribution in [0.4, 0.5) is 0 Å². The molecule has 6 heteroatoms. The molecule has 6 nitrogen and oxygen atoms in total. The van der Waals surface area contributed by atoms with Crippen LogP contribution in [0.3, 0.4) is 0 Å². The largest absolute Gasteiger partial charge is 0.356 e. The molecule has 4 rings (SSSR count). The Balaban J connectivity index is 1.16. The molecule has 3 aliphatic rings. The smallest absolute Gasteiger partial charge is 0.225 e. The van der Waals surface area contributed by atoms with Crippen molar-refractivity contribution >= 4 is 17.7 Å². The SMILES string of the molecule is CC1CCC(N2CC(C(=O)NCCCC(=O)N3CCc4ccccc4C3)CC2=O)CC1. The van der Waals surface area contributed by atoms with Crippen molar-refractivity contribution in [3.05, 3.63) is 35.4 Å². The molecule has 0 aromatic heterocycles. The van der Waals surface area contributed by atoms with E-state index in [2.05, 4.69) is 24.4 Å². The molecule has 3 amide bonds. The van der Waals surface area contributed by atoms with Crippen molar-refractivity contribution in [3.8, 4) is 0 Å². The van der Waals surface area contributed by atoms with Gasteiger partial charge >= 0.3 is 0 Å². The average Bonchev–Trinajstić information content (AvgIpc) is 3.18. The molecule has 0 spiro atoms. The summed E-state index contributed by atoms with van der Waals surface area (Å²) in [5.41, 5.74) is 2.57. The maximum atomic E-state index is 12.6. The first-order chi connectivity index (χ1) is 15.0. The van der Waals surface area contributed by atoms with Crippen LogP contribution < -0.4 is 5.32 Å². The lowest BCUT2D eigenvalue weighted by atomic mass is 9.87.